The molecule has 20 heavy (non-hydrogen) atoms. The first-order valence-electron chi connectivity index (χ1n) is 5.54. The van der Waals surface area contributed by atoms with E-state index < -0.39 is 23.1 Å². The Labute approximate surface area is 119 Å². The predicted molar refractivity (Wildman–Crippen MR) is 72.7 cm³/mol. The first-order chi connectivity index (χ1) is 9.26. The summed E-state index contributed by atoms with van der Waals surface area (Å²) in [6.07, 6.45) is -2.53. The number of alkyl halides is 2. The van der Waals surface area contributed by atoms with Gasteiger partial charge < -0.3 is 15.8 Å². The summed E-state index contributed by atoms with van der Waals surface area (Å²) in [6, 6.07) is 0. The largest absolute Gasteiger partial charge is 0.382 e. The van der Waals surface area contributed by atoms with Crippen molar-refractivity contribution in [3.63, 3.8) is 0 Å². The molecular formula is C9H16F2N4O3S2. The van der Waals surface area contributed by atoms with E-state index in [9.17, 15) is 17.2 Å². The summed E-state index contributed by atoms with van der Waals surface area (Å²) in [6.45, 7) is -0.469. The van der Waals surface area contributed by atoms with Crippen LogP contribution in [-0.2, 0) is 14.8 Å². The molecule has 0 amide bonds. The smallest absolute Gasteiger partial charge is 0.261 e. The van der Waals surface area contributed by atoms with E-state index in [1.165, 1.54) is 14.1 Å². The van der Waals surface area contributed by atoms with Crippen molar-refractivity contribution >= 4 is 32.4 Å². The summed E-state index contributed by atoms with van der Waals surface area (Å²) in [5, 5.41) is 3.03. The van der Waals surface area contributed by atoms with Gasteiger partial charge in [0.2, 0.25) is 10.0 Å². The standard InChI is InChI=1S/C9H16F2N4O3S2/c1-15(2)20(16,17)7-8(12)14-19-9(7)13-3-4-18-5-6(10)11/h6,13H,3-5H2,1-2H3,(H2,12,14). The van der Waals surface area contributed by atoms with Crippen LogP contribution in [-0.4, -0.2) is 57.4 Å². The van der Waals surface area contributed by atoms with Crippen molar-refractivity contribution in [2.45, 2.75) is 11.3 Å². The lowest BCUT2D eigenvalue weighted by atomic mass is 10.6. The molecule has 7 nitrogen and oxygen atoms in total. The molecule has 116 valence electrons. The Morgan fingerprint density at radius 2 is 2.15 bits per heavy atom. The molecule has 0 aliphatic carbocycles. The number of nitrogen functional groups attached to an aromatic ring is 1. The molecule has 0 atom stereocenters. The topological polar surface area (TPSA) is 97.6 Å². The second-order valence-electron chi connectivity index (χ2n) is 3.91. The maximum Gasteiger partial charge on any atom is 0.261 e. The van der Waals surface area contributed by atoms with Crippen LogP contribution in [0.3, 0.4) is 0 Å². The lowest BCUT2D eigenvalue weighted by Crippen LogP contribution is -2.24. The number of sulfonamides is 1. The number of anilines is 2. The van der Waals surface area contributed by atoms with Gasteiger partial charge in [0.05, 0.1) is 6.61 Å². The van der Waals surface area contributed by atoms with Gasteiger partial charge >= 0.3 is 0 Å². The molecule has 0 aliphatic rings. The van der Waals surface area contributed by atoms with Crippen LogP contribution in [0.15, 0.2) is 4.90 Å². The molecule has 1 heterocycles. The summed E-state index contributed by atoms with van der Waals surface area (Å²) in [5.74, 6) is -0.0975. The molecule has 11 heteroatoms. The second kappa shape index (κ2) is 7.11. The van der Waals surface area contributed by atoms with Crippen molar-refractivity contribution in [2.24, 2.45) is 0 Å². The Balaban J connectivity index is 2.69. The molecule has 0 unspecified atom stereocenters. The van der Waals surface area contributed by atoms with Gasteiger partial charge in [-0.2, -0.15) is 4.37 Å². The van der Waals surface area contributed by atoms with Gasteiger partial charge in [0.25, 0.3) is 6.43 Å². The van der Waals surface area contributed by atoms with Gasteiger partial charge in [-0.3, -0.25) is 0 Å². The first-order valence-corrected chi connectivity index (χ1v) is 7.75. The van der Waals surface area contributed by atoms with Crippen molar-refractivity contribution < 1.29 is 21.9 Å². The molecule has 0 bridgehead atoms. The molecule has 0 saturated heterocycles. The molecule has 3 N–H and O–H groups in total. The molecule has 1 aromatic rings. The quantitative estimate of drug-likeness (QED) is 0.680. The third-order valence-electron chi connectivity index (χ3n) is 2.19. The molecule has 0 saturated carbocycles. The first kappa shape index (κ1) is 17.0. The van der Waals surface area contributed by atoms with Crippen LogP contribution in [0.1, 0.15) is 0 Å². The number of hydrogen-bond donors (Lipinski definition) is 2. The number of nitrogens with zero attached hydrogens (tertiary/aromatic N) is 2. The maximum atomic E-state index is 12.1. The number of rotatable bonds is 8. The zero-order chi connectivity index (χ0) is 15.3. The summed E-state index contributed by atoms with van der Waals surface area (Å²) in [4.78, 5) is -0.110. The average Bonchev–Trinajstić information content (AvgIpc) is 2.70. The highest BCUT2D eigenvalue weighted by molar-refractivity contribution is 7.89. The second-order valence-corrected chi connectivity index (χ2v) is 6.77. The molecule has 0 radical (unpaired) electrons. The third-order valence-corrected chi connectivity index (χ3v) is 5.03. The van der Waals surface area contributed by atoms with Crippen LogP contribution in [0.25, 0.3) is 0 Å². The fraction of sp³-hybridized carbons (Fsp3) is 0.667. The number of halogens is 2. The SMILES string of the molecule is CN(C)S(=O)(=O)c1c(N)nsc1NCCOCC(F)F. The van der Waals surface area contributed by atoms with Gasteiger partial charge in [0.15, 0.2) is 10.7 Å². The predicted octanol–water partition coefficient (Wildman–Crippen LogP) is 0.669. The number of nitrogens with one attached hydrogen (secondary N) is 1. The average molecular weight is 330 g/mol. The van der Waals surface area contributed by atoms with E-state index in [0.29, 0.717) is 0 Å². The number of hydrogen-bond acceptors (Lipinski definition) is 7. The monoisotopic (exact) mass is 330 g/mol. The van der Waals surface area contributed by atoms with E-state index in [0.717, 1.165) is 15.8 Å². The summed E-state index contributed by atoms with van der Waals surface area (Å²) < 4.78 is 57.3. The zero-order valence-corrected chi connectivity index (χ0v) is 12.6. The number of nitrogens with two attached hydrogens (primary N) is 1. The van der Waals surface area contributed by atoms with E-state index in [2.05, 4.69) is 14.4 Å². The van der Waals surface area contributed by atoms with Crippen LogP contribution in [0.2, 0.25) is 0 Å². The molecule has 0 fully saturated rings. The molecule has 0 spiro atoms. The number of ether oxygens (including phenoxy) is 1. The Hall–Kier alpha value is -1.04. The lowest BCUT2D eigenvalue weighted by molar-refractivity contribution is 0.0215. The van der Waals surface area contributed by atoms with E-state index in [1.54, 1.807) is 0 Å². The van der Waals surface area contributed by atoms with Crippen molar-refractivity contribution in [3.8, 4) is 0 Å². The van der Waals surface area contributed by atoms with E-state index in [-0.39, 0.29) is 28.9 Å². The highest BCUT2D eigenvalue weighted by atomic mass is 32.2. The summed E-state index contributed by atoms with van der Waals surface area (Å²) >= 11 is 0.889. The van der Waals surface area contributed by atoms with Crippen molar-refractivity contribution in [1.82, 2.24) is 8.68 Å². The van der Waals surface area contributed by atoms with E-state index in [4.69, 9.17) is 5.73 Å². The Kier molecular flexibility index (Phi) is 6.05. The van der Waals surface area contributed by atoms with Crippen LogP contribution < -0.4 is 11.1 Å². The Morgan fingerprint density at radius 1 is 1.50 bits per heavy atom. The zero-order valence-electron chi connectivity index (χ0n) is 11.0. The van der Waals surface area contributed by atoms with Gasteiger partial charge in [-0.05, 0) is 11.5 Å². The van der Waals surface area contributed by atoms with Gasteiger partial charge in [-0.1, -0.05) is 0 Å². The fourth-order valence-corrected chi connectivity index (χ4v) is 3.35. The Bertz CT molecular complexity index is 533. The molecule has 0 aromatic carbocycles. The van der Waals surface area contributed by atoms with Crippen molar-refractivity contribution in [3.05, 3.63) is 0 Å². The normalized spacial score (nSPS) is 12.3. The third kappa shape index (κ3) is 4.23. The summed E-state index contributed by atoms with van der Waals surface area (Å²) in [5.41, 5.74) is 5.56. The minimum atomic E-state index is -3.72. The van der Waals surface area contributed by atoms with E-state index >= 15 is 0 Å². The van der Waals surface area contributed by atoms with E-state index in [1.807, 2.05) is 0 Å². The van der Waals surface area contributed by atoms with Crippen LogP contribution in [0.5, 0.6) is 0 Å². The molecule has 1 rings (SSSR count). The van der Waals surface area contributed by atoms with Crippen molar-refractivity contribution in [1.29, 1.82) is 0 Å². The van der Waals surface area contributed by atoms with Crippen LogP contribution >= 0.6 is 11.5 Å². The minimum absolute atomic E-state index is 0.0175. The van der Waals surface area contributed by atoms with Crippen LogP contribution in [0.4, 0.5) is 19.6 Å². The van der Waals surface area contributed by atoms with Gasteiger partial charge in [0.1, 0.15) is 11.6 Å². The molecular weight excluding hydrogens is 314 g/mol. The minimum Gasteiger partial charge on any atom is -0.382 e. The number of aromatic nitrogens is 1. The van der Waals surface area contributed by atoms with Crippen molar-refractivity contribution in [2.75, 3.05) is 44.9 Å². The van der Waals surface area contributed by atoms with Gasteiger partial charge in [-0.15, -0.1) is 0 Å². The maximum absolute atomic E-state index is 12.1. The Morgan fingerprint density at radius 3 is 2.70 bits per heavy atom. The van der Waals surface area contributed by atoms with Gasteiger partial charge in [0, 0.05) is 20.6 Å². The molecule has 0 aliphatic heterocycles. The van der Waals surface area contributed by atoms with Crippen LogP contribution in [0, 0.1) is 0 Å². The highest BCUT2D eigenvalue weighted by Crippen LogP contribution is 2.32. The lowest BCUT2D eigenvalue weighted by Gasteiger charge is -2.12. The highest BCUT2D eigenvalue weighted by Gasteiger charge is 2.27. The molecule has 1 aromatic heterocycles. The summed E-state index contributed by atoms with van der Waals surface area (Å²) in [7, 11) is -0.964. The van der Waals surface area contributed by atoms with Gasteiger partial charge in [-0.25, -0.2) is 21.5 Å². The fourth-order valence-electron chi connectivity index (χ4n) is 1.25.